The van der Waals surface area contributed by atoms with Crippen molar-refractivity contribution < 1.29 is 9.66 Å². The number of aromatic nitrogens is 2. The average Bonchev–Trinajstić information content (AvgIpc) is 2.91. The highest BCUT2D eigenvalue weighted by molar-refractivity contribution is 7.14. The van der Waals surface area contributed by atoms with Crippen LogP contribution in [-0.2, 0) is 11.3 Å². The third-order valence-electron chi connectivity index (χ3n) is 2.88. The van der Waals surface area contributed by atoms with E-state index in [0.717, 1.165) is 11.6 Å². The maximum atomic E-state index is 11.2. The van der Waals surface area contributed by atoms with Crippen LogP contribution in [0.25, 0.3) is 10.6 Å². The molecule has 21 heavy (non-hydrogen) atoms. The molecule has 0 saturated heterocycles. The molecule has 0 aliphatic heterocycles. The molecule has 0 spiro atoms. The van der Waals surface area contributed by atoms with Gasteiger partial charge < -0.3 is 10.1 Å². The van der Waals surface area contributed by atoms with Crippen LogP contribution in [0.4, 0.5) is 5.69 Å². The molecule has 0 atom stereocenters. The zero-order valence-electron chi connectivity index (χ0n) is 11.8. The van der Waals surface area contributed by atoms with Crippen molar-refractivity contribution in [1.29, 1.82) is 0 Å². The predicted molar refractivity (Wildman–Crippen MR) is 80.3 cm³/mol. The van der Waals surface area contributed by atoms with Crippen LogP contribution in [-0.4, -0.2) is 35.4 Å². The van der Waals surface area contributed by atoms with Crippen LogP contribution >= 0.6 is 11.3 Å². The van der Waals surface area contributed by atoms with E-state index in [1.54, 1.807) is 32.2 Å². The van der Waals surface area contributed by atoms with Gasteiger partial charge in [0.2, 0.25) is 0 Å². The fourth-order valence-corrected chi connectivity index (χ4v) is 2.71. The van der Waals surface area contributed by atoms with Crippen molar-refractivity contribution in [2.45, 2.75) is 13.5 Å². The minimum absolute atomic E-state index is 0.0903. The summed E-state index contributed by atoms with van der Waals surface area (Å²) >= 11 is 1.35. The van der Waals surface area contributed by atoms with Crippen LogP contribution in [0.2, 0.25) is 0 Å². The van der Waals surface area contributed by atoms with Gasteiger partial charge in [0.1, 0.15) is 5.01 Å². The monoisotopic (exact) mass is 308 g/mol. The van der Waals surface area contributed by atoms with Crippen LogP contribution in [0.5, 0.6) is 0 Å². The van der Waals surface area contributed by atoms with Gasteiger partial charge in [-0.3, -0.25) is 10.1 Å². The summed E-state index contributed by atoms with van der Waals surface area (Å²) in [5.41, 5.74) is 1.22. The van der Waals surface area contributed by atoms with Crippen LogP contribution < -0.4 is 5.32 Å². The van der Waals surface area contributed by atoms with E-state index in [0.29, 0.717) is 29.3 Å². The Kier molecular flexibility index (Phi) is 5.32. The Morgan fingerprint density at radius 3 is 2.95 bits per heavy atom. The first kappa shape index (κ1) is 15.5. The van der Waals surface area contributed by atoms with Crippen molar-refractivity contribution in [2.24, 2.45) is 0 Å². The summed E-state index contributed by atoms with van der Waals surface area (Å²) in [5.74, 6) is 0. The molecule has 0 bridgehead atoms. The molecule has 8 heteroatoms. The Morgan fingerprint density at radius 2 is 2.24 bits per heavy atom. The molecule has 1 heterocycles. The van der Waals surface area contributed by atoms with Gasteiger partial charge in [0.05, 0.1) is 17.1 Å². The topological polar surface area (TPSA) is 90.2 Å². The SMILES string of the molecule is COCCNCc1nnc(-c2cccc(C)c2[N+](=O)[O-])s1. The first-order valence-electron chi connectivity index (χ1n) is 6.40. The Bertz CT molecular complexity index is 630. The predicted octanol–water partition coefficient (Wildman–Crippen LogP) is 2.16. The third kappa shape index (κ3) is 3.81. The number of aryl methyl sites for hydroxylation is 1. The fourth-order valence-electron chi connectivity index (χ4n) is 1.88. The summed E-state index contributed by atoms with van der Waals surface area (Å²) in [5, 5.41) is 23.8. The molecule has 1 N–H and O–H groups in total. The van der Waals surface area contributed by atoms with Gasteiger partial charge >= 0.3 is 0 Å². The molecular weight excluding hydrogens is 292 g/mol. The molecule has 2 rings (SSSR count). The van der Waals surface area contributed by atoms with E-state index in [2.05, 4.69) is 15.5 Å². The Labute approximate surface area is 126 Å². The number of hydrogen-bond donors (Lipinski definition) is 1. The van der Waals surface area contributed by atoms with Gasteiger partial charge in [0, 0.05) is 25.8 Å². The lowest BCUT2D eigenvalue weighted by atomic mass is 10.1. The Morgan fingerprint density at radius 1 is 1.43 bits per heavy atom. The lowest BCUT2D eigenvalue weighted by molar-refractivity contribution is -0.384. The van der Waals surface area contributed by atoms with Gasteiger partial charge in [0.15, 0.2) is 5.01 Å². The molecule has 2 aromatic rings. The standard InChI is InChI=1S/C13H16N4O3S/c1-9-4-3-5-10(12(9)17(18)19)13-16-15-11(21-13)8-14-6-7-20-2/h3-5,14H,6-8H2,1-2H3. The fraction of sp³-hybridized carbons (Fsp3) is 0.385. The molecule has 0 saturated carbocycles. The van der Waals surface area contributed by atoms with Crippen molar-refractivity contribution in [3.05, 3.63) is 38.9 Å². The number of nitro groups is 1. The number of hydrogen-bond acceptors (Lipinski definition) is 7. The highest BCUT2D eigenvalue weighted by Crippen LogP contribution is 2.34. The van der Waals surface area contributed by atoms with Gasteiger partial charge in [-0.05, 0) is 13.0 Å². The molecular formula is C13H16N4O3S. The van der Waals surface area contributed by atoms with Gasteiger partial charge in [-0.15, -0.1) is 10.2 Å². The average molecular weight is 308 g/mol. The van der Waals surface area contributed by atoms with Crippen LogP contribution in [0, 0.1) is 17.0 Å². The van der Waals surface area contributed by atoms with Gasteiger partial charge in [-0.2, -0.15) is 0 Å². The third-order valence-corrected chi connectivity index (χ3v) is 3.83. The Balaban J connectivity index is 2.18. The molecule has 7 nitrogen and oxygen atoms in total. The number of nitro benzene ring substituents is 1. The number of benzene rings is 1. The van der Waals surface area contributed by atoms with Crippen LogP contribution in [0.3, 0.4) is 0 Å². The second-order valence-corrected chi connectivity index (χ2v) is 5.46. The van der Waals surface area contributed by atoms with E-state index >= 15 is 0 Å². The zero-order valence-corrected chi connectivity index (χ0v) is 12.6. The molecule has 0 amide bonds. The molecule has 0 radical (unpaired) electrons. The largest absolute Gasteiger partial charge is 0.383 e. The van der Waals surface area contributed by atoms with E-state index in [1.165, 1.54) is 11.3 Å². The number of nitrogens with one attached hydrogen (secondary N) is 1. The normalized spacial score (nSPS) is 10.8. The molecule has 112 valence electrons. The molecule has 1 aromatic carbocycles. The lowest BCUT2D eigenvalue weighted by Gasteiger charge is -2.01. The van der Waals surface area contributed by atoms with Crippen molar-refractivity contribution in [2.75, 3.05) is 20.3 Å². The second-order valence-electron chi connectivity index (χ2n) is 4.40. The van der Waals surface area contributed by atoms with Gasteiger partial charge in [-0.1, -0.05) is 23.5 Å². The summed E-state index contributed by atoms with van der Waals surface area (Å²) in [6.45, 7) is 3.63. The molecule has 0 aliphatic carbocycles. The molecule has 1 aromatic heterocycles. The van der Waals surface area contributed by atoms with Crippen molar-refractivity contribution in [3.8, 4) is 10.6 Å². The molecule has 0 unspecified atom stereocenters. The summed E-state index contributed by atoms with van der Waals surface area (Å²) < 4.78 is 4.94. The highest BCUT2D eigenvalue weighted by Gasteiger charge is 2.21. The summed E-state index contributed by atoms with van der Waals surface area (Å²) in [7, 11) is 1.64. The number of ether oxygens (including phenoxy) is 1. The number of nitrogens with zero attached hydrogens (tertiary/aromatic N) is 3. The summed E-state index contributed by atoms with van der Waals surface area (Å²) in [6.07, 6.45) is 0. The van der Waals surface area contributed by atoms with Crippen molar-refractivity contribution in [3.63, 3.8) is 0 Å². The van der Waals surface area contributed by atoms with E-state index in [4.69, 9.17) is 4.74 Å². The second kappa shape index (κ2) is 7.21. The van der Waals surface area contributed by atoms with Gasteiger partial charge in [-0.25, -0.2) is 0 Å². The van der Waals surface area contributed by atoms with E-state index in [9.17, 15) is 10.1 Å². The van der Waals surface area contributed by atoms with Crippen LogP contribution in [0.1, 0.15) is 10.6 Å². The summed E-state index contributed by atoms with van der Waals surface area (Å²) in [6, 6.07) is 5.21. The Hall–Kier alpha value is -1.90. The molecule has 0 fully saturated rings. The quantitative estimate of drug-likeness (QED) is 0.479. The lowest BCUT2D eigenvalue weighted by Crippen LogP contribution is -2.18. The maximum absolute atomic E-state index is 11.2. The minimum Gasteiger partial charge on any atom is -0.383 e. The van der Waals surface area contributed by atoms with E-state index in [-0.39, 0.29) is 10.6 Å². The number of methoxy groups -OCH3 is 1. The smallest absolute Gasteiger partial charge is 0.282 e. The molecule has 0 aliphatic rings. The minimum atomic E-state index is -0.372. The first-order valence-corrected chi connectivity index (χ1v) is 7.21. The van der Waals surface area contributed by atoms with Crippen molar-refractivity contribution >= 4 is 17.0 Å². The van der Waals surface area contributed by atoms with Crippen molar-refractivity contribution in [1.82, 2.24) is 15.5 Å². The maximum Gasteiger partial charge on any atom is 0.282 e. The van der Waals surface area contributed by atoms with E-state index < -0.39 is 0 Å². The highest BCUT2D eigenvalue weighted by atomic mass is 32.1. The van der Waals surface area contributed by atoms with Gasteiger partial charge in [0.25, 0.3) is 5.69 Å². The zero-order chi connectivity index (χ0) is 15.2. The summed E-state index contributed by atoms with van der Waals surface area (Å²) in [4.78, 5) is 10.8. The number of para-hydroxylation sites is 1. The van der Waals surface area contributed by atoms with E-state index in [1.807, 2.05) is 0 Å². The van der Waals surface area contributed by atoms with Crippen LogP contribution in [0.15, 0.2) is 18.2 Å². The first-order chi connectivity index (χ1) is 10.1. The number of rotatable bonds is 7.